The van der Waals surface area contributed by atoms with E-state index in [-0.39, 0.29) is 37.6 Å². The zero-order valence-electron chi connectivity index (χ0n) is 17.4. The molecule has 0 fully saturated rings. The fourth-order valence-electron chi connectivity index (χ4n) is 3.63. The predicted molar refractivity (Wildman–Crippen MR) is 118 cm³/mol. The summed E-state index contributed by atoms with van der Waals surface area (Å²) in [5.41, 5.74) is 0.503. The van der Waals surface area contributed by atoms with Crippen LogP contribution < -0.4 is 26.0 Å². The van der Waals surface area contributed by atoms with Crippen LogP contribution >= 0.6 is 0 Å². The highest BCUT2D eigenvalue weighted by molar-refractivity contribution is 5.78. The van der Waals surface area contributed by atoms with E-state index in [4.69, 9.17) is 9.47 Å². The van der Waals surface area contributed by atoms with Crippen LogP contribution in [0.3, 0.4) is 0 Å². The van der Waals surface area contributed by atoms with Gasteiger partial charge in [0, 0.05) is 18.9 Å². The third-order valence-electron chi connectivity index (χ3n) is 5.26. The van der Waals surface area contributed by atoms with Gasteiger partial charge in [-0.15, -0.1) is 0 Å². The first-order valence-corrected chi connectivity index (χ1v) is 10.2. The molecule has 0 saturated carbocycles. The van der Waals surface area contributed by atoms with Gasteiger partial charge in [0.25, 0.3) is 5.56 Å². The molecule has 2 aromatic carbocycles. The molecule has 10 nitrogen and oxygen atoms in total. The van der Waals surface area contributed by atoms with E-state index < -0.39 is 17.2 Å². The van der Waals surface area contributed by atoms with Gasteiger partial charge in [0.15, 0.2) is 22.7 Å². The van der Waals surface area contributed by atoms with Gasteiger partial charge in [-0.3, -0.25) is 18.7 Å². The summed E-state index contributed by atoms with van der Waals surface area (Å²) in [6, 6.07) is 14.5. The van der Waals surface area contributed by atoms with Crippen molar-refractivity contribution in [3.05, 3.63) is 92.9 Å². The fraction of sp³-hybridized carbons (Fsp3) is 0.174. The standard InChI is InChI=1S/C23H19N5O5/c29-19(26-11-16-6-7-17-18(10-16)33-14-32-17)13-27-21-20(24-8-9-25-21)22(30)28(23(27)31)12-15-4-2-1-3-5-15/h1-10H,11-14H2,(H,26,29). The first kappa shape index (κ1) is 20.4. The average Bonchev–Trinajstić information content (AvgIpc) is 3.32. The Morgan fingerprint density at radius 3 is 2.58 bits per heavy atom. The molecule has 1 aliphatic rings. The van der Waals surface area contributed by atoms with Gasteiger partial charge >= 0.3 is 5.69 Å². The molecular formula is C23H19N5O5. The summed E-state index contributed by atoms with van der Waals surface area (Å²) in [5.74, 6) is 0.862. The molecule has 0 aliphatic carbocycles. The number of carbonyl (C=O) groups is 1. The first-order chi connectivity index (χ1) is 16.1. The number of rotatable bonds is 6. The number of benzene rings is 2. The lowest BCUT2D eigenvalue weighted by molar-refractivity contribution is -0.121. The smallest absolute Gasteiger partial charge is 0.333 e. The van der Waals surface area contributed by atoms with Crippen molar-refractivity contribution < 1.29 is 14.3 Å². The van der Waals surface area contributed by atoms with Crippen molar-refractivity contribution in [1.82, 2.24) is 24.4 Å². The van der Waals surface area contributed by atoms with Crippen molar-refractivity contribution in [1.29, 1.82) is 0 Å². The van der Waals surface area contributed by atoms with E-state index in [1.807, 2.05) is 36.4 Å². The maximum absolute atomic E-state index is 13.2. The van der Waals surface area contributed by atoms with Crippen LogP contribution in [0.15, 0.2) is 70.5 Å². The van der Waals surface area contributed by atoms with E-state index in [2.05, 4.69) is 15.3 Å². The normalized spacial score (nSPS) is 12.1. The molecule has 0 atom stereocenters. The van der Waals surface area contributed by atoms with E-state index >= 15 is 0 Å². The van der Waals surface area contributed by atoms with Crippen molar-refractivity contribution >= 4 is 17.1 Å². The maximum Gasteiger partial charge on any atom is 0.333 e. The molecule has 2 aromatic heterocycles. The van der Waals surface area contributed by atoms with Crippen molar-refractivity contribution in [2.75, 3.05) is 6.79 Å². The predicted octanol–water partition coefficient (Wildman–Crippen LogP) is 1.05. The molecule has 0 unspecified atom stereocenters. The Morgan fingerprint density at radius 1 is 0.939 bits per heavy atom. The summed E-state index contributed by atoms with van der Waals surface area (Å²) < 4.78 is 12.9. The van der Waals surface area contributed by atoms with Gasteiger partial charge < -0.3 is 14.8 Å². The number of carbonyl (C=O) groups excluding carboxylic acids is 1. The average molecular weight is 445 g/mol. The summed E-state index contributed by atoms with van der Waals surface area (Å²) in [6.07, 6.45) is 2.76. The number of hydrogen-bond acceptors (Lipinski definition) is 7. The van der Waals surface area contributed by atoms with Gasteiger partial charge in [0.1, 0.15) is 6.54 Å². The van der Waals surface area contributed by atoms with Crippen molar-refractivity contribution in [3.63, 3.8) is 0 Å². The van der Waals surface area contributed by atoms with E-state index in [1.54, 1.807) is 12.1 Å². The molecule has 0 bridgehead atoms. The highest BCUT2D eigenvalue weighted by Gasteiger charge is 2.18. The lowest BCUT2D eigenvalue weighted by Crippen LogP contribution is -2.43. The number of nitrogens with zero attached hydrogens (tertiary/aromatic N) is 4. The number of nitrogens with one attached hydrogen (secondary N) is 1. The molecule has 4 aromatic rings. The zero-order valence-corrected chi connectivity index (χ0v) is 17.4. The SMILES string of the molecule is O=C(Cn1c(=O)n(Cc2ccccc2)c(=O)c2nccnc21)NCc1ccc2c(c1)OCO2. The van der Waals surface area contributed by atoms with Gasteiger partial charge in [-0.2, -0.15) is 0 Å². The Labute approximate surface area is 187 Å². The third kappa shape index (κ3) is 4.05. The first-order valence-electron chi connectivity index (χ1n) is 10.2. The Bertz CT molecular complexity index is 1460. The van der Waals surface area contributed by atoms with Crippen LogP contribution in [0.5, 0.6) is 11.5 Å². The second-order valence-corrected chi connectivity index (χ2v) is 7.44. The molecule has 3 heterocycles. The van der Waals surface area contributed by atoms with E-state index in [0.29, 0.717) is 11.5 Å². The lowest BCUT2D eigenvalue weighted by atomic mass is 10.2. The van der Waals surface area contributed by atoms with Crippen LogP contribution in [0.4, 0.5) is 0 Å². The lowest BCUT2D eigenvalue weighted by Gasteiger charge is -2.13. The molecule has 5 rings (SSSR count). The largest absolute Gasteiger partial charge is 0.454 e. The fourth-order valence-corrected chi connectivity index (χ4v) is 3.63. The van der Waals surface area contributed by atoms with Crippen LogP contribution in [-0.4, -0.2) is 31.8 Å². The Balaban J connectivity index is 1.42. The minimum Gasteiger partial charge on any atom is -0.454 e. The Morgan fingerprint density at radius 2 is 1.73 bits per heavy atom. The minimum absolute atomic E-state index is 0.0246. The van der Waals surface area contributed by atoms with Gasteiger partial charge in [-0.05, 0) is 23.3 Å². The van der Waals surface area contributed by atoms with Crippen molar-refractivity contribution in [2.45, 2.75) is 19.6 Å². The molecule has 10 heteroatoms. The molecule has 33 heavy (non-hydrogen) atoms. The van der Waals surface area contributed by atoms with E-state index in [9.17, 15) is 14.4 Å². The molecule has 166 valence electrons. The quantitative estimate of drug-likeness (QED) is 0.471. The van der Waals surface area contributed by atoms with Crippen molar-refractivity contribution in [2.24, 2.45) is 0 Å². The van der Waals surface area contributed by atoms with Crippen molar-refractivity contribution in [3.8, 4) is 11.5 Å². The monoisotopic (exact) mass is 445 g/mol. The van der Waals surface area contributed by atoms with E-state index in [1.165, 1.54) is 17.0 Å². The number of hydrogen-bond donors (Lipinski definition) is 1. The Hall–Kier alpha value is -4.47. The van der Waals surface area contributed by atoms with Crippen LogP contribution in [0.25, 0.3) is 11.2 Å². The maximum atomic E-state index is 13.2. The second kappa shape index (κ2) is 8.58. The van der Waals surface area contributed by atoms with Crippen LogP contribution in [0.1, 0.15) is 11.1 Å². The summed E-state index contributed by atoms with van der Waals surface area (Å²) >= 11 is 0. The summed E-state index contributed by atoms with van der Waals surface area (Å²) in [4.78, 5) is 47.1. The van der Waals surface area contributed by atoms with E-state index in [0.717, 1.165) is 15.7 Å². The summed E-state index contributed by atoms with van der Waals surface area (Å²) in [7, 11) is 0. The molecule has 1 amide bonds. The molecule has 1 N–H and O–H groups in total. The number of aromatic nitrogens is 4. The second-order valence-electron chi connectivity index (χ2n) is 7.44. The summed E-state index contributed by atoms with van der Waals surface area (Å²) in [5, 5.41) is 2.78. The number of fused-ring (bicyclic) bond motifs is 2. The molecule has 0 saturated heterocycles. The molecule has 1 aliphatic heterocycles. The molecular weight excluding hydrogens is 426 g/mol. The highest BCUT2D eigenvalue weighted by atomic mass is 16.7. The van der Waals surface area contributed by atoms with Gasteiger partial charge in [-0.1, -0.05) is 36.4 Å². The van der Waals surface area contributed by atoms with Gasteiger partial charge in [0.05, 0.1) is 6.54 Å². The van der Waals surface area contributed by atoms with Crippen LogP contribution in [0.2, 0.25) is 0 Å². The minimum atomic E-state index is -0.630. The zero-order chi connectivity index (χ0) is 22.8. The third-order valence-corrected chi connectivity index (χ3v) is 5.26. The summed E-state index contributed by atoms with van der Waals surface area (Å²) in [6.45, 7) is 0.149. The Kier molecular flexibility index (Phi) is 5.31. The highest BCUT2D eigenvalue weighted by Crippen LogP contribution is 2.32. The molecule has 0 radical (unpaired) electrons. The van der Waals surface area contributed by atoms with Gasteiger partial charge in [-0.25, -0.2) is 14.8 Å². The van der Waals surface area contributed by atoms with Gasteiger partial charge in [0.2, 0.25) is 12.7 Å². The van der Waals surface area contributed by atoms with Crippen LogP contribution in [0, 0.1) is 0 Å². The number of ether oxygens (including phenoxy) is 2. The number of amides is 1. The topological polar surface area (TPSA) is 117 Å². The molecule has 0 spiro atoms. The van der Waals surface area contributed by atoms with Crippen LogP contribution in [-0.2, 0) is 24.4 Å².